The standard InChI is InChI=1S/C25H26N2O8/c1-33-21(28)12-20(24(30)31)26-23(29)22-19(10-11-34-22)27-25(32)35-13-18-16-8-4-2-6-14(16)15-7-3-5-9-17(15)18/h2-9,18-20,22H,10-13H2,1H3,(H,26,29)(H,27,32)(H,30,31)/t19-,20+,22+/m0/s1. The van der Waals surface area contributed by atoms with Crippen LogP contribution in [0, 0.1) is 0 Å². The van der Waals surface area contributed by atoms with Crippen LogP contribution in [0.1, 0.15) is 29.9 Å². The molecule has 4 rings (SSSR count). The van der Waals surface area contributed by atoms with Gasteiger partial charge in [0.05, 0.1) is 19.6 Å². The van der Waals surface area contributed by atoms with E-state index in [1.165, 1.54) is 0 Å². The van der Waals surface area contributed by atoms with Crippen LogP contribution < -0.4 is 10.6 Å². The molecule has 10 heteroatoms. The predicted molar refractivity (Wildman–Crippen MR) is 123 cm³/mol. The molecule has 0 saturated carbocycles. The van der Waals surface area contributed by atoms with Crippen molar-refractivity contribution < 1.29 is 38.5 Å². The number of carboxylic acids is 1. The monoisotopic (exact) mass is 482 g/mol. The number of alkyl carbamates (subject to hydrolysis) is 1. The number of rotatable bonds is 8. The largest absolute Gasteiger partial charge is 0.480 e. The maximum Gasteiger partial charge on any atom is 0.407 e. The van der Waals surface area contributed by atoms with Crippen molar-refractivity contribution in [2.24, 2.45) is 0 Å². The van der Waals surface area contributed by atoms with Gasteiger partial charge in [0.2, 0.25) is 0 Å². The highest BCUT2D eigenvalue weighted by Gasteiger charge is 2.38. The van der Waals surface area contributed by atoms with Crippen LogP contribution in [0.2, 0.25) is 0 Å². The molecular weight excluding hydrogens is 456 g/mol. The summed E-state index contributed by atoms with van der Waals surface area (Å²) in [5.74, 6) is -3.02. The number of aliphatic carboxylic acids is 1. The molecule has 1 aliphatic heterocycles. The smallest absolute Gasteiger partial charge is 0.407 e. The van der Waals surface area contributed by atoms with E-state index in [-0.39, 0.29) is 19.1 Å². The summed E-state index contributed by atoms with van der Waals surface area (Å²) in [6.45, 7) is 0.311. The number of esters is 1. The summed E-state index contributed by atoms with van der Waals surface area (Å²) in [4.78, 5) is 48.0. The van der Waals surface area contributed by atoms with Gasteiger partial charge in [-0.25, -0.2) is 9.59 Å². The SMILES string of the molecule is COC(=O)C[C@@H](NC(=O)[C@@H]1OCC[C@@H]1NC(=O)OCC1c2ccccc2-c2ccccc21)C(=O)O. The Morgan fingerprint density at radius 2 is 1.69 bits per heavy atom. The van der Waals surface area contributed by atoms with E-state index >= 15 is 0 Å². The molecule has 1 saturated heterocycles. The number of hydrogen-bond donors (Lipinski definition) is 3. The molecule has 1 fully saturated rings. The van der Waals surface area contributed by atoms with Crippen molar-refractivity contribution >= 4 is 23.9 Å². The third-order valence-electron chi connectivity index (χ3n) is 6.21. The number of ether oxygens (including phenoxy) is 3. The first-order valence-corrected chi connectivity index (χ1v) is 11.2. The molecule has 1 aliphatic carbocycles. The van der Waals surface area contributed by atoms with Gasteiger partial charge in [-0.1, -0.05) is 48.5 Å². The van der Waals surface area contributed by atoms with Gasteiger partial charge in [-0.15, -0.1) is 0 Å². The Kier molecular flexibility index (Phi) is 7.31. The second-order valence-corrected chi connectivity index (χ2v) is 8.34. The molecule has 184 valence electrons. The van der Waals surface area contributed by atoms with E-state index in [0.717, 1.165) is 29.4 Å². The molecule has 2 aromatic rings. The molecule has 1 heterocycles. The molecule has 2 aliphatic rings. The van der Waals surface area contributed by atoms with E-state index in [9.17, 15) is 24.3 Å². The molecule has 0 radical (unpaired) electrons. The lowest BCUT2D eigenvalue weighted by atomic mass is 9.98. The van der Waals surface area contributed by atoms with Gasteiger partial charge >= 0.3 is 18.0 Å². The lowest BCUT2D eigenvalue weighted by molar-refractivity contribution is -0.149. The van der Waals surface area contributed by atoms with Crippen molar-refractivity contribution in [1.29, 1.82) is 0 Å². The lowest BCUT2D eigenvalue weighted by Crippen LogP contribution is -2.52. The molecule has 0 unspecified atom stereocenters. The van der Waals surface area contributed by atoms with Crippen molar-refractivity contribution in [2.45, 2.75) is 36.9 Å². The Morgan fingerprint density at radius 1 is 1.06 bits per heavy atom. The molecule has 3 N–H and O–H groups in total. The first-order chi connectivity index (χ1) is 16.9. The topological polar surface area (TPSA) is 140 Å². The number of methoxy groups -OCH3 is 1. The van der Waals surface area contributed by atoms with E-state index in [1.54, 1.807) is 0 Å². The molecular formula is C25H26N2O8. The van der Waals surface area contributed by atoms with Crippen molar-refractivity contribution in [2.75, 3.05) is 20.3 Å². The fraction of sp³-hybridized carbons (Fsp3) is 0.360. The molecule has 2 amide bonds. The van der Waals surface area contributed by atoms with Crippen molar-refractivity contribution in [3.8, 4) is 11.1 Å². The molecule has 3 atom stereocenters. The number of carbonyl (C=O) groups is 4. The highest BCUT2D eigenvalue weighted by Crippen LogP contribution is 2.44. The zero-order chi connectivity index (χ0) is 24.9. The Labute approximate surface area is 201 Å². The number of benzene rings is 2. The van der Waals surface area contributed by atoms with Gasteiger partial charge in [-0.2, -0.15) is 0 Å². The predicted octanol–water partition coefficient (Wildman–Crippen LogP) is 1.82. The van der Waals surface area contributed by atoms with Gasteiger partial charge in [0.25, 0.3) is 5.91 Å². The van der Waals surface area contributed by atoms with Crippen molar-refractivity contribution in [1.82, 2.24) is 10.6 Å². The highest BCUT2D eigenvalue weighted by molar-refractivity contribution is 5.90. The number of carbonyl (C=O) groups excluding carboxylic acids is 3. The number of fused-ring (bicyclic) bond motifs is 3. The van der Waals surface area contributed by atoms with E-state index in [4.69, 9.17) is 9.47 Å². The van der Waals surface area contributed by atoms with E-state index in [1.807, 2.05) is 48.5 Å². The molecule has 0 spiro atoms. The zero-order valence-corrected chi connectivity index (χ0v) is 19.1. The number of hydrogen-bond acceptors (Lipinski definition) is 7. The maximum atomic E-state index is 12.6. The van der Waals surface area contributed by atoms with Crippen LogP contribution in [0.5, 0.6) is 0 Å². The summed E-state index contributed by atoms with van der Waals surface area (Å²) in [5.41, 5.74) is 4.37. The Hall–Kier alpha value is -3.92. The fourth-order valence-electron chi connectivity index (χ4n) is 4.49. The summed E-state index contributed by atoms with van der Waals surface area (Å²) in [5, 5.41) is 14.2. The lowest BCUT2D eigenvalue weighted by Gasteiger charge is -2.22. The minimum atomic E-state index is -1.48. The summed E-state index contributed by atoms with van der Waals surface area (Å²) in [7, 11) is 1.12. The molecule has 35 heavy (non-hydrogen) atoms. The Bertz CT molecular complexity index is 1090. The highest BCUT2D eigenvalue weighted by atomic mass is 16.6. The number of amides is 2. The minimum absolute atomic E-state index is 0.110. The molecule has 2 aromatic carbocycles. The first kappa shape index (κ1) is 24.2. The van der Waals surface area contributed by atoms with Crippen LogP contribution in [0.15, 0.2) is 48.5 Å². The van der Waals surface area contributed by atoms with Gasteiger partial charge in [-0.3, -0.25) is 9.59 Å². The summed E-state index contributed by atoms with van der Waals surface area (Å²) in [6.07, 6.45) is -2.01. The van der Waals surface area contributed by atoms with Gasteiger partial charge in [-0.05, 0) is 28.7 Å². The van der Waals surface area contributed by atoms with Gasteiger partial charge in [0, 0.05) is 12.5 Å². The van der Waals surface area contributed by atoms with Crippen LogP contribution in [-0.2, 0) is 28.6 Å². The second kappa shape index (κ2) is 10.6. The van der Waals surface area contributed by atoms with Gasteiger partial charge in [0.1, 0.15) is 12.6 Å². The van der Waals surface area contributed by atoms with E-state index < -0.39 is 48.5 Å². The quantitative estimate of drug-likeness (QED) is 0.484. The average molecular weight is 482 g/mol. The Morgan fingerprint density at radius 3 is 2.29 bits per heavy atom. The van der Waals surface area contributed by atoms with Crippen LogP contribution in [-0.4, -0.2) is 67.6 Å². The van der Waals surface area contributed by atoms with Crippen LogP contribution in [0.25, 0.3) is 11.1 Å². The molecule has 0 bridgehead atoms. The minimum Gasteiger partial charge on any atom is -0.480 e. The fourth-order valence-corrected chi connectivity index (χ4v) is 4.49. The summed E-state index contributed by atoms with van der Waals surface area (Å²) in [6, 6.07) is 13.7. The molecule has 10 nitrogen and oxygen atoms in total. The maximum absolute atomic E-state index is 12.6. The molecule has 0 aromatic heterocycles. The third kappa shape index (κ3) is 5.27. The van der Waals surface area contributed by atoms with Gasteiger partial charge in [0.15, 0.2) is 6.10 Å². The zero-order valence-electron chi connectivity index (χ0n) is 19.1. The van der Waals surface area contributed by atoms with Crippen LogP contribution in [0.3, 0.4) is 0 Å². The third-order valence-corrected chi connectivity index (χ3v) is 6.21. The Balaban J connectivity index is 1.35. The summed E-state index contributed by atoms with van der Waals surface area (Å²) >= 11 is 0. The second-order valence-electron chi connectivity index (χ2n) is 8.34. The number of nitrogens with one attached hydrogen (secondary N) is 2. The average Bonchev–Trinajstić information content (AvgIpc) is 3.44. The summed E-state index contributed by atoms with van der Waals surface area (Å²) < 4.78 is 15.4. The van der Waals surface area contributed by atoms with Gasteiger partial charge < -0.3 is 30.0 Å². The van der Waals surface area contributed by atoms with E-state index in [2.05, 4.69) is 15.4 Å². The van der Waals surface area contributed by atoms with Crippen molar-refractivity contribution in [3.05, 3.63) is 59.7 Å². The normalized spacial score (nSPS) is 19.2. The van der Waals surface area contributed by atoms with Crippen molar-refractivity contribution in [3.63, 3.8) is 0 Å². The van der Waals surface area contributed by atoms with Crippen LogP contribution in [0.4, 0.5) is 4.79 Å². The van der Waals surface area contributed by atoms with E-state index in [0.29, 0.717) is 6.42 Å². The number of carboxylic acid groups (broad SMARTS) is 1. The first-order valence-electron chi connectivity index (χ1n) is 11.2. The van der Waals surface area contributed by atoms with Crippen LogP contribution >= 0.6 is 0 Å².